The van der Waals surface area contributed by atoms with E-state index in [-0.39, 0.29) is 10.5 Å². The molecule has 2 N–H and O–H groups in total. The molecule has 0 unspecified atom stereocenters. The van der Waals surface area contributed by atoms with Crippen molar-refractivity contribution in [2.24, 2.45) is 7.05 Å². The van der Waals surface area contributed by atoms with Gasteiger partial charge in [0.2, 0.25) is 0 Å². The fourth-order valence-corrected chi connectivity index (χ4v) is 5.15. The number of hydrogen-bond donors (Lipinski definition) is 2. The Balaban J connectivity index is 1.55. The number of pyridine rings is 2. The average Bonchev–Trinajstić information content (AvgIpc) is 3.24. The fraction of sp³-hybridized carbons (Fsp3) is 0.111. The third kappa shape index (κ3) is 4.66. The van der Waals surface area contributed by atoms with Gasteiger partial charge < -0.3 is 5.11 Å². The Labute approximate surface area is 213 Å². The molecule has 0 aliphatic carbocycles. The molecule has 37 heavy (non-hydrogen) atoms. The van der Waals surface area contributed by atoms with Gasteiger partial charge in [-0.15, -0.1) is 0 Å². The number of rotatable bonds is 7. The molecule has 0 atom stereocenters. The van der Waals surface area contributed by atoms with Crippen LogP contribution in [0.25, 0.3) is 33.5 Å². The van der Waals surface area contributed by atoms with Gasteiger partial charge in [-0.05, 0) is 42.3 Å². The molecule has 0 saturated carbocycles. The summed E-state index contributed by atoms with van der Waals surface area (Å²) in [5.41, 5.74) is 4.31. The van der Waals surface area contributed by atoms with E-state index in [1.165, 1.54) is 30.0 Å². The number of sulfonamides is 1. The van der Waals surface area contributed by atoms with Gasteiger partial charge in [0.1, 0.15) is 5.69 Å². The molecule has 186 valence electrons. The molecule has 10 heteroatoms. The maximum atomic E-state index is 12.7. The Morgan fingerprint density at radius 3 is 2.35 bits per heavy atom. The summed E-state index contributed by atoms with van der Waals surface area (Å²) in [7, 11) is -2.11. The zero-order valence-electron chi connectivity index (χ0n) is 20.1. The van der Waals surface area contributed by atoms with E-state index in [1.54, 1.807) is 42.2 Å². The van der Waals surface area contributed by atoms with Crippen molar-refractivity contribution in [3.05, 3.63) is 90.3 Å². The molecular weight excluding hydrogens is 490 g/mol. The number of carbonyl (C=O) groups is 1. The summed E-state index contributed by atoms with van der Waals surface area (Å²) >= 11 is 0. The molecular formula is C27H23N5O4S. The maximum absolute atomic E-state index is 12.7. The van der Waals surface area contributed by atoms with Crippen LogP contribution in [0.1, 0.15) is 22.8 Å². The highest BCUT2D eigenvalue weighted by atomic mass is 32.2. The van der Waals surface area contributed by atoms with Gasteiger partial charge in [0.15, 0.2) is 5.65 Å². The van der Waals surface area contributed by atoms with E-state index in [9.17, 15) is 18.3 Å². The van der Waals surface area contributed by atoms with Crippen LogP contribution in [0.15, 0.2) is 84.0 Å². The number of aromatic nitrogens is 4. The lowest BCUT2D eigenvalue weighted by atomic mass is 10.0. The minimum absolute atomic E-state index is 0.0537. The van der Waals surface area contributed by atoms with Crippen molar-refractivity contribution in [3.8, 4) is 22.5 Å². The lowest BCUT2D eigenvalue weighted by Gasteiger charge is -2.09. The molecule has 0 saturated heterocycles. The van der Waals surface area contributed by atoms with Crippen molar-refractivity contribution in [3.63, 3.8) is 0 Å². The first-order chi connectivity index (χ1) is 17.8. The van der Waals surface area contributed by atoms with Crippen LogP contribution in [0.4, 0.5) is 5.69 Å². The summed E-state index contributed by atoms with van der Waals surface area (Å²) in [4.78, 5) is 20.9. The Morgan fingerprint density at radius 1 is 1.03 bits per heavy atom. The summed E-state index contributed by atoms with van der Waals surface area (Å²) in [6.07, 6.45) is 3.86. The Morgan fingerprint density at radius 2 is 1.73 bits per heavy atom. The lowest BCUT2D eigenvalue weighted by molar-refractivity contribution is 0.0699. The van der Waals surface area contributed by atoms with Crippen molar-refractivity contribution in [1.29, 1.82) is 0 Å². The second kappa shape index (κ2) is 9.47. The molecule has 5 rings (SSSR count). The van der Waals surface area contributed by atoms with Crippen LogP contribution in [0.2, 0.25) is 0 Å². The summed E-state index contributed by atoms with van der Waals surface area (Å²) in [5, 5.41) is 15.1. The smallest absolute Gasteiger partial charge is 0.336 e. The number of carboxylic acid groups (broad SMARTS) is 1. The number of aryl methyl sites for hydroxylation is 2. The molecule has 0 amide bonds. The van der Waals surface area contributed by atoms with Crippen LogP contribution in [-0.4, -0.2) is 39.2 Å². The third-order valence-corrected chi connectivity index (χ3v) is 7.43. The van der Waals surface area contributed by atoms with Gasteiger partial charge in [0.05, 0.1) is 33.4 Å². The van der Waals surface area contributed by atoms with Crippen molar-refractivity contribution in [2.45, 2.75) is 18.2 Å². The van der Waals surface area contributed by atoms with Gasteiger partial charge in [0.25, 0.3) is 10.0 Å². The predicted octanol–water partition coefficient (Wildman–Crippen LogP) is 4.76. The first-order valence-corrected chi connectivity index (χ1v) is 13.0. The van der Waals surface area contributed by atoms with Crippen LogP contribution in [0.3, 0.4) is 0 Å². The highest BCUT2D eigenvalue weighted by Gasteiger charge is 2.22. The molecule has 0 spiro atoms. The zero-order valence-corrected chi connectivity index (χ0v) is 20.9. The van der Waals surface area contributed by atoms with E-state index in [4.69, 9.17) is 4.98 Å². The van der Waals surface area contributed by atoms with Gasteiger partial charge in [-0.25, -0.2) is 22.9 Å². The number of nitrogens with zero attached hydrogens (tertiary/aromatic N) is 4. The first-order valence-electron chi connectivity index (χ1n) is 11.5. The molecule has 0 fully saturated rings. The Bertz CT molecular complexity index is 1710. The second-order valence-corrected chi connectivity index (χ2v) is 10.1. The van der Waals surface area contributed by atoms with Crippen molar-refractivity contribution < 1.29 is 18.3 Å². The van der Waals surface area contributed by atoms with Crippen LogP contribution in [0, 0.1) is 0 Å². The highest BCUT2D eigenvalue weighted by molar-refractivity contribution is 7.92. The number of hydrogen-bond acceptors (Lipinski definition) is 6. The van der Waals surface area contributed by atoms with Gasteiger partial charge in [0, 0.05) is 24.4 Å². The zero-order chi connectivity index (χ0) is 26.2. The number of anilines is 1. The third-order valence-electron chi connectivity index (χ3n) is 6.03. The summed E-state index contributed by atoms with van der Waals surface area (Å²) in [6, 6.07) is 18.7. The molecule has 3 aromatic heterocycles. The molecule has 0 bridgehead atoms. The monoisotopic (exact) mass is 513 g/mol. The average molecular weight is 514 g/mol. The maximum Gasteiger partial charge on any atom is 0.336 e. The number of carboxylic acids is 1. The SMILES string of the molecule is CCc1ccc(-c2nn(C)c3nc(-c4ccc(S(=O)(=O)Nc5cccnc5)cc4)cc(C(=O)O)c23)cc1. The molecule has 2 aromatic carbocycles. The van der Waals surface area contributed by atoms with Gasteiger partial charge in [-0.2, -0.15) is 5.10 Å². The van der Waals surface area contributed by atoms with E-state index < -0.39 is 16.0 Å². The summed E-state index contributed by atoms with van der Waals surface area (Å²) < 4.78 is 29.5. The molecule has 9 nitrogen and oxygen atoms in total. The van der Waals surface area contributed by atoms with Gasteiger partial charge >= 0.3 is 5.97 Å². The van der Waals surface area contributed by atoms with Crippen molar-refractivity contribution >= 4 is 32.7 Å². The van der Waals surface area contributed by atoms with Crippen molar-refractivity contribution in [1.82, 2.24) is 19.7 Å². The number of nitrogens with one attached hydrogen (secondary N) is 1. The standard InChI is InChI=1S/C27H23N5O4S/c1-3-17-6-8-19(9-7-17)25-24-22(27(33)34)15-23(29-26(24)32(2)30-25)18-10-12-21(13-11-18)37(35,36)31-20-5-4-14-28-16-20/h4-16,31H,3H2,1-2H3,(H,33,34). The topological polar surface area (TPSA) is 127 Å². The second-order valence-electron chi connectivity index (χ2n) is 8.45. The molecule has 3 heterocycles. The fourth-order valence-electron chi connectivity index (χ4n) is 4.11. The van der Waals surface area contributed by atoms with Crippen LogP contribution < -0.4 is 4.72 Å². The molecule has 5 aromatic rings. The largest absolute Gasteiger partial charge is 0.478 e. The van der Waals surface area contributed by atoms with E-state index in [0.717, 1.165) is 12.0 Å². The molecule has 0 radical (unpaired) electrons. The van der Waals surface area contributed by atoms with Crippen LogP contribution >= 0.6 is 0 Å². The number of fused-ring (bicyclic) bond motifs is 1. The van der Waals surface area contributed by atoms with Crippen molar-refractivity contribution in [2.75, 3.05) is 4.72 Å². The van der Waals surface area contributed by atoms with E-state index in [2.05, 4.69) is 21.7 Å². The predicted molar refractivity (Wildman–Crippen MR) is 141 cm³/mol. The van der Waals surface area contributed by atoms with Gasteiger partial charge in [-0.1, -0.05) is 43.3 Å². The first kappa shape index (κ1) is 24.1. The quantitative estimate of drug-likeness (QED) is 0.321. The van der Waals surface area contributed by atoms with Crippen LogP contribution in [0.5, 0.6) is 0 Å². The minimum Gasteiger partial charge on any atom is -0.478 e. The van der Waals surface area contributed by atoms with E-state index >= 15 is 0 Å². The summed E-state index contributed by atoms with van der Waals surface area (Å²) in [6.45, 7) is 2.07. The molecule has 0 aliphatic heterocycles. The van der Waals surface area contributed by atoms with Gasteiger partial charge in [-0.3, -0.25) is 9.71 Å². The van der Waals surface area contributed by atoms with E-state index in [0.29, 0.717) is 33.7 Å². The number of aromatic carboxylic acids is 1. The Kier molecular flexibility index (Phi) is 6.18. The molecule has 0 aliphatic rings. The number of benzene rings is 2. The van der Waals surface area contributed by atoms with E-state index in [1.807, 2.05) is 24.3 Å². The van der Waals surface area contributed by atoms with Crippen LogP contribution in [-0.2, 0) is 23.5 Å². The minimum atomic E-state index is -3.83. The normalized spacial score (nSPS) is 11.5. The highest BCUT2D eigenvalue weighted by Crippen LogP contribution is 2.33. The Hall–Kier alpha value is -4.57. The lowest BCUT2D eigenvalue weighted by Crippen LogP contribution is -2.12. The summed E-state index contributed by atoms with van der Waals surface area (Å²) in [5.74, 6) is -1.10.